The van der Waals surface area contributed by atoms with Gasteiger partial charge in [-0.05, 0) is 85.3 Å². The molecule has 5 atom stereocenters. The summed E-state index contributed by atoms with van der Waals surface area (Å²) in [5.74, 6) is 3.29. The van der Waals surface area contributed by atoms with E-state index in [0.29, 0.717) is 70.4 Å². The van der Waals surface area contributed by atoms with Crippen LogP contribution >= 0.6 is 0 Å². The molecule has 4 saturated heterocycles. The van der Waals surface area contributed by atoms with E-state index < -0.39 is 43.5 Å². The maximum atomic E-state index is 16.5. The first kappa shape index (κ1) is 46.2. The standard InChI is InChI=1S/C49H63F2N7O7Si/c1-28(2)66(29(3)4,30(5)6)18-15-36-38(51)14-13-31-19-35(65-27-62-7)21-37(41(31)36)43(59)46-52-44-42(58(46)33-11-9-12-33)45(55-24-34-20-40(63-8)39(25-55)57(34)48(60)61)54-47(53-44)64-26-49-16-10-17-56(49)23-32(50)22-49/h13-14,19,21,28-30,32-34,39-40H,9-12,16-17,20,22-27H2,1-8H3,(H,60,61)/t32-,34?,39?,40?,49+/m1/s1. The van der Waals surface area contributed by atoms with Crippen molar-refractivity contribution in [2.24, 2.45) is 0 Å². The Kier molecular flexibility index (Phi) is 12.6. The zero-order chi connectivity index (χ0) is 46.8. The second-order valence-corrected chi connectivity index (χ2v) is 25.7. The first-order chi connectivity index (χ1) is 31.6. The Morgan fingerprint density at radius 3 is 2.39 bits per heavy atom. The molecule has 5 aliphatic rings. The molecule has 66 heavy (non-hydrogen) atoms. The molecule has 0 radical (unpaired) electrons. The van der Waals surface area contributed by atoms with Crippen LogP contribution in [-0.2, 0) is 9.47 Å². The number of ether oxygens (including phenoxy) is 4. The van der Waals surface area contributed by atoms with Crippen LogP contribution in [0.1, 0.15) is 114 Å². The lowest BCUT2D eigenvalue weighted by molar-refractivity contribution is 0.0511. The second-order valence-electron chi connectivity index (χ2n) is 20.1. The zero-order valence-corrected chi connectivity index (χ0v) is 40.4. The van der Waals surface area contributed by atoms with E-state index in [-0.39, 0.29) is 66.7 Å². The lowest BCUT2D eigenvalue weighted by Gasteiger charge is -2.41. The van der Waals surface area contributed by atoms with Gasteiger partial charge < -0.3 is 33.5 Å². The molecule has 4 aliphatic heterocycles. The van der Waals surface area contributed by atoms with E-state index in [2.05, 4.69) is 62.8 Å². The average molecular weight is 928 g/mol. The van der Waals surface area contributed by atoms with Gasteiger partial charge in [-0.2, -0.15) is 9.97 Å². The van der Waals surface area contributed by atoms with Crippen molar-refractivity contribution >= 4 is 47.7 Å². The fourth-order valence-corrected chi connectivity index (χ4v) is 17.6. The molecule has 17 heteroatoms. The summed E-state index contributed by atoms with van der Waals surface area (Å²) in [4.78, 5) is 49.1. The molecule has 2 bridgehead atoms. The molecule has 2 aromatic heterocycles. The van der Waals surface area contributed by atoms with Gasteiger partial charge >= 0.3 is 12.1 Å². The molecule has 2 aromatic carbocycles. The third-order valence-electron chi connectivity index (χ3n) is 15.6. The van der Waals surface area contributed by atoms with Crippen LogP contribution < -0.4 is 14.4 Å². The zero-order valence-electron chi connectivity index (χ0n) is 39.4. The van der Waals surface area contributed by atoms with Crippen LogP contribution in [-0.4, -0.2) is 138 Å². The number of halogens is 2. The summed E-state index contributed by atoms with van der Waals surface area (Å²) in [6.45, 7) is 15.1. The van der Waals surface area contributed by atoms with Gasteiger partial charge in [-0.15, -0.1) is 5.54 Å². The van der Waals surface area contributed by atoms with E-state index in [1.165, 1.54) is 18.1 Å². The highest BCUT2D eigenvalue weighted by molar-refractivity contribution is 6.90. The lowest BCUT2D eigenvalue weighted by Crippen LogP contribution is -2.57. The van der Waals surface area contributed by atoms with Crippen molar-refractivity contribution < 1.29 is 42.4 Å². The molecular weight excluding hydrogens is 865 g/mol. The number of fused-ring (bicyclic) bond motifs is 5. The number of carbonyl (C=O) groups excluding carboxylic acids is 1. The number of hydrogen-bond acceptors (Lipinski definition) is 11. The number of aromatic nitrogens is 4. The van der Waals surface area contributed by atoms with Crippen molar-refractivity contribution in [3.63, 3.8) is 0 Å². The number of carbonyl (C=O) groups is 2. The van der Waals surface area contributed by atoms with Gasteiger partial charge in [0.05, 0.1) is 29.3 Å². The van der Waals surface area contributed by atoms with Gasteiger partial charge in [0.25, 0.3) is 0 Å². The van der Waals surface area contributed by atoms with E-state index in [9.17, 15) is 14.3 Å². The summed E-state index contributed by atoms with van der Waals surface area (Å²) in [6.07, 6.45) is 2.80. The minimum atomic E-state index is -2.35. The van der Waals surface area contributed by atoms with Gasteiger partial charge in [-0.1, -0.05) is 53.5 Å². The molecule has 1 aliphatic carbocycles. The number of benzene rings is 2. The highest BCUT2D eigenvalue weighted by Crippen LogP contribution is 2.45. The van der Waals surface area contributed by atoms with E-state index in [4.69, 9.17) is 33.9 Å². The van der Waals surface area contributed by atoms with Crippen LogP contribution in [0.15, 0.2) is 24.3 Å². The van der Waals surface area contributed by atoms with Gasteiger partial charge in [0.2, 0.25) is 5.78 Å². The van der Waals surface area contributed by atoms with Crippen LogP contribution in [0, 0.1) is 17.3 Å². The van der Waals surface area contributed by atoms with E-state index in [0.717, 1.165) is 38.6 Å². The molecule has 4 aromatic rings. The summed E-state index contributed by atoms with van der Waals surface area (Å²) < 4.78 is 56.9. The second kappa shape index (κ2) is 18.0. The van der Waals surface area contributed by atoms with Gasteiger partial charge in [0, 0.05) is 57.3 Å². The summed E-state index contributed by atoms with van der Waals surface area (Å²) >= 11 is 0. The Hall–Kier alpha value is -4.89. The molecule has 1 N–H and O–H groups in total. The number of methoxy groups -OCH3 is 2. The van der Waals surface area contributed by atoms with E-state index in [1.54, 1.807) is 25.3 Å². The van der Waals surface area contributed by atoms with Crippen molar-refractivity contribution in [1.82, 2.24) is 29.3 Å². The average Bonchev–Trinajstić information content (AvgIpc) is 3.97. The molecule has 6 heterocycles. The predicted molar refractivity (Wildman–Crippen MR) is 250 cm³/mol. The van der Waals surface area contributed by atoms with E-state index >= 15 is 9.18 Å². The fraction of sp³-hybridized carbons (Fsp3) is 0.612. The third kappa shape index (κ3) is 7.79. The summed E-state index contributed by atoms with van der Waals surface area (Å²) in [6, 6.07) is 5.48. The van der Waals surface area contributed by atoms with Crippen LogP contribution in [0.5, 0.6) is 11.8 Å². The van der Waals surface area contributed by atoms with Gasteiger partial charge in [-0.3, -0.25) is 14.6 Å². The smallest absolute Gasteiger partial charge is 0.408 e. The topological polar surface area (TPSA) is 145 Å². The van der Waals surface area contributed by atoms with Crippen molar-refractivity contribution in [1.29, 1.82) is 0 Å². The van der Waals surface area contributed by atoms with Gasteiger partial charge in [-0.25, -0.2) is 18.6 Å². The molecular formula is C49H63F2N7O7Si. The van der Waals surface area contributed by atoms with Crippen LogP contribution in [0.3, 0.4) is 0 Å². The third-order valence-corrected chi connectivity index (χ3v) is 21.9. The van der Waals surface area contributed by atoms with Crippen molar-refractivity contribution in [2.45, 2.75) is 139 Å². The molecule has 9 rings (SSSR count). The van der Waals surface area contributed by atoms with Gasteiger partial charge in [0.1, 0.15) is 37.9 Å². The first-order valence-corrected chi connectivity index (χ1v) is 25.9. The molecule has 5 fully saturated rings. The number of nitrogens with zero attached hydrogens (tertiary/aromatic N) is 7. The number of rotatable bonds is 14. The number of imidazole rings is 1. The van der Waals surface area contributed by atoms with Crippen molar-refractivity contribution in [3.8, 4) is 23.2 Å². The quantitative estimate of drug-likeness (QED) is 0.0560. The largest absolute Gasteiger partial charge is 0.468 e. The highest BCUT2D eigenvalue weighted by atomic mass is 28.3. The maximum Gasteiger partial charge on any atom is 0.408 e. The number of alkyl halides is 1. The van der Waals surface area contributed by atoms with E-state index in [1.807, 2.05) is 4.57 Å². The highest BCUT2D eigenvalue weighted by Gasteiger charge is 2.51. The van der Waals surface area contributed by atoms with Crippen LogP contribution in [0.2, 0.25) is 16.6 Å². The minimum absolute atomic E-state index is 0.0442. The Morgan fingerprint density at radius 2 is 1.73 bits per heavy atom. The number of hydrogen-bond donors (Lipinski definition) is 1. The maximum absolute atomic E-state index is 16.5. The van der Waals surface area contributed by atoms with Crippen LogP contribution in [0.25, 0.3) is 21.9 Å². The Bertz CT molecular complexity index is 2570. The minimum Gasteiger partial charge on any atom is -0.468 e. The van der Waals surface area contributed by atoms with Crippen molar-refractivity contribution in [2.75, 3.05) is 58.7 Å². The Balaban J connectivity index is 1.23. The predicted octanol–water partition coefficient (Wildman–Crippen LogP) is 8.54. The number of carboxylic acid groups (broad SMARTS) is 1. The first-order valence-electron chi connectivity index (χ1n) is 23.7. The number of anilines is 1. The summed E-state index contributed by atoms with van der Waals surface area (Å²) in [7, 11) is 0.768. The lowest BCUT2D eigenvalue weighted by atomic mass is 9.91. The molecule has 354 valence electrons. The number of piperazine rings is 1. The Morgan fingerprint density at radius 1 is 0.970 bits per heavy atom. The number of amides is 1. The molecule has 1 saturated carbocycles. The molecule has 0 spiro atoms. The van der Waals surface area contributed by atoms with Gasteiger partial charge in [0.15, 0.2) is 24.1 Å². The Labute approximate surface area is 386 Å². The summed E-state index contributed by atoms with van der Waals surface area (Å²) in [5, 5.41) is 11.3. The monoisotopic (exact) mass is 927 g/mol. The summed E-state index contributed by atoms with van der Waals surface area (Å²) in [5.41, 5.74) is 5.19. The fourth-order valence-electron chi connectivity index (χ4n) is 12.3. The number of ketones is 1. The molecule has 3 unspecified atom stereocenters. The van der Waals surface area contributed by atoms with Crippen molar-refractivity contribution in [3.05, 3.63) is 47.0 Å². The molecule has 1 amide bonds. The normalized spacial score (nSPS) is 24.4. The molecule has 14 nitrogen and oxygen atoms in total. The SMILES string of the molecule is COCOc1cc(C(=O)c2nc3nc(OC[C@@]45CCCN4C[C@H](F)C5)nc(N4CC5CC(OC)C(C4)N5C(=O)O)c3n2C2CCC2)c2c(C#C[Si](C(C)C)(C(C)C)C(C)C)c(F)ccc2c1. The van der Waals surface area contributed by atoms with Crippen LogP contribution in [0.4, 0.5) is 19.4 Å².